The van der Waals surface area contributed by atoms with Crippen molar-refractivity contribution in [2.24, 2.45) is 5.73 Å². The Morgan fingerprint density at radius 1 is 1.00 bits per heavy atom. The van der Waals surface area contributed by atoms with E-state index in [1.807, 2.05) is 63.2 Å². The van der Waals surface area contributed by atoms with Gasteiger partial charge in [0.1, 0.15) is 0 Å². The third kappa shape index (κ3) is 6.20. The van der Waals surface area contributed by atoms with E-state index in [0.29, 0.717) is 12.1 Å². The molecule has 0 aromatic heterocycles. The van der Waals surface area contributed by atoms with Gasteiger partial charge in [-0.05, 0) is 37.5 Å². The second-order valence-corrected chi connectivity index (χ2v) is 7.35. The summed E-state index contributed by atoms with van der Waals surface area (Å²) >= 11 is 0. The first-order chi connectivity index (χ1) is 13.4. The van der Waals surface area contributed by atoms with Crippen LogP contribution in [0.25, 0.3) is 0 Å². The van der Waals surface area contributed by atoms with Crippen LogP contribution in [0.5, 0.6) is 0 Å². The molecule has 150 valence electrons. The summed E-state index contributed by atoms with van der Waals surface area (Å²) in [5.41, 5.74) is 8.43. The molecule has 0 radical (unpaired) electrons. The molecule has 0 bridgehead atoms. The van der Waals surface area contributed by atoms with Gasteiger partial charge in [-0.25, -0.2) is 0 Å². The van der Waals surface area contributed by atoms with Crippen LogP contribution in [0.3, 0.4) is 0 Å². The second-order valence-electron chi connectivity index (χ2n) is 7.35. The SMILES string of the molecule is CCC(N)(CC)CNC(=O)CC(NC(=O)c1ccc(C)cc1)c1ccccc1. The van der Waals surface area contributed by atoms with E-state index in [1.54, 1.807) is 12.1 Å². The molecule has 2 rings (SSSR count). The fourth-order valence-corrected chi connectivity index (χ4v) is 2.92. The Labute approximate surface area is 167 Å². The molecule has 5 heteroatoms. The van der Waals surface area contributed by atoms with Crippen LogP contribution in [0.15, 0.2) is 54.6 Å². The van der Waals surface area contributed by atoms with Crippen LogP contribution in [0.1, 0.15) is 60.6 Å². The largest absolute Gasteiger partial charge is 0.354 e. The maximum atomic E-state index is 12.7. The van der Waals surface area contributed by atoms with Gasteiger partial charge in [0, 0.05) is 17.6 Å². The summed E-state index contributed by atoms with van der Waals surface area (Å²) < 4.78 is 0. The average Bonchev–Trinajstić information content (AvgIpc) is 2.72. The molecule has 0 saturated carbocycles. The quantitative estimate of drug-likeness (QED) is 0.622. The molecule has 0 aliphatic heterocycles. The third-order valence-electron chi connectivity index (χ3n) is 5.26. The normalized spacial score (nSPS) is 12.3. The van der Waals surface area contributed by atoms with Gasteiger partial charge in [-0.15, -0.1) is 0 Å². The molecule has 0 spiro atoms. The van der Waals surface area contributed by atoms with Crippen molar-refractivity contribution in [3.63, 3.8) is 0 Å². The molecule has 2 aromatic rings. The van der Waals surface area contributed by atoms with Gasteiger partial charge >= 0.3 is 0 Å². The highest BCUT2D eigenvalue weighted by Crippen LogP contribution is 2.18. The van der Waals surface area contributed by atoms with Gasteiger partial charge in [0.25, 0.3) is 5.91 Å². The van der Waals surface area contributed by atoms with Crippen molar-refractivity contribution in [1.82, 2.24) is 10.6 Å². The fourth-order valence-electron chi connectivity index (χ4n) is 2.92. The van der Waals surface area contributed by atoms with Crippen LogP contribution in [0.4, 0.5) is 0 Å². The molecule has 2 amide bonds. The number of carbonyl (C=O) groups is 2. The molecule has 5 nitrogen and oxygen atoms in total. The monoisotopic (exact) mass is 381 g/mol. The van der Waals surface area contributed by atoms with E-state index in [0.717, 1.165) is 24.0 Å². The second kappa shape index (κ2) is 10.0. The molecule has 28 heavy (non-hydrogen) atoms. The maximum absolute atomic E-state index is 12.7. The summed E-state index contributed by atoms with van der Waals surface area (Å²) in [5, 5.41) is 5.92. The van der Waals surface area contributed by atoms with Crippen molar-refractivity contribution < 1.29 is 9.59 Å². The zero-order valence-electron chi connectivity index (χ0n) is 17.0. The minimum Gasteiger partial charge on any atom is -0.354 e. The molecule has 1 atom stereocenters. The number of nitrogens with two attached hydrogens (primary N) is 1. The van der Waals surface area contributed by atoms with Gasteiger partial charge in [0.05, 0.1) is 12.5 Å². The fraction of sp³-hybridized carbons (Fsp3) is 0.391. The lowest BCUT2D eigenvalue weighted by molar-refractivity contribution is -0.121. The van der Waals surface area contributed by atoms with Gasteiger partial charge in [-0.1, -0.05) is 61.9 Å². The Balaban J connectivity index is 2.09. The van der Waals surface area contributed by atoms with Crippen molar-refractivity contribution in [3.05, 3.63) is 71.3 Å². The standard InChI is InChI=1S/C23H31N3O2/c1-4-23(24,5-2)16-25-21(27)15-20(18-9-7-6-8-10-18)26-22(28)19-13-11-17(3)12-14-19/h6-14,20H,4-5,15-16,24H2,1-3H3,(H,25,27)(H,26,28). The number of benzene rings is 2. The van der Waals surface area contributed by atoms with Gasteiger partial charge < -0.3 is 16.4 Å². The highest BCUT2D eigenvalue weighted by Gasteiger charge is 2.23. The molecule has 0 fully saturated rings. The van der Waals surface area contributed by atoms with Crippen LogP contribution < -0.4 is 16.4 Å². The smallest absolute Gasteiger partial charge is 0.251 e. The molecule has 4 N–H and O–H groups in total. The number of hydrogen-bond donors (Lipinski definition) is 3. The maximum Gasteiger partial charge on any atom is 0.251 e. The van der Waals surface area contributed by atoms with E-state index >= 15 is 0 Å². The Morgan fingerprint density at radius 3 is 2.18 bits per heavy atom. The van der Waals surface area contributed by atoms with Crippen molar-refractivity contribution >= 4 is 11.8 Å². The summed E-state index contributed by atoms with van der Waals surface area (Å²) in [4.78, 5) is 25.2. The van der Waals surface area contributed by atoms with Crippen LogP contribution in [-0.2, 0) is 4.79 Å². The molecule has 0 aliphatic carbocycles. The zero-order chi connectivity index (χ0) is 20.6. The van der Waals surface area contributed by atoms with Gasteiger partial charge in [0.15, 0.2) is 0 Å². The predicted octanol–water partition coefficient (Wildman–Crippen LogP) is 3.49. The topological polar surface area (TPSA) is 84.2 Å². The number of nitrogens with one attached hydrogen (secondary N) is 2. The lowest BCUT2D eigenvalue weighted by Crippen LogP contribution is -2.49. The summed E-state index contributed by atoms with van der Waals surface area (Å²) in [6.07, 6.45) is 1.73. The number of carbonyl (C=O) groups excluding carboxylic acids is 2. The van der Waals surface area contributed by atoms with E-state index in [2.05, 4.69) is 10.6 Å². The van der Waals surface area contributed by atoms with Crippen molar-refractivity contribution in [3.8, 4) is 0 Å². The zero-order valence-corrected chi connectivity index (χ0v) is 17.0. The molecule has 0 saturated heterocycles. The van der Waals surface area contributed by atoms with Crippen LogP contribution in [0.2, 0.25) is 0 Å². The minimum absolute atomic E-state index is 0.130. The first-order valence-corrected chi connectivity index (χ1v) is 9.85. The summed E-state index contributed by atoms with van der Waals surface area (Å²) in [6, 6.07) is 16.5. The molecule has 1 unspecified atom stereocenters. The highest BCUT2D eigenvalue weighted by molar-refractivity contribution is 5.94. The summed E-state index contributed by atoms with van der Waals surface area (Å²) in [7, 11) is 0. The Morgan fingerprint density at radius 2 is 1.61 bits per heavy atom. The van der Waals surface area contributed by atoms with E-state index in [-0.39, 0.29) is 18.2 Å². The number of rotatable bonds is 9. The van der Waals surface area contributed by atoms with Gasteiger partial charge in [-0.2, -0.15) is 0 Å². The predicted molar refractivity (Wildman–Crippen MR) is 113 cm³/mol. The first kappa shape index (κ1) is 21.6. The first-order valence-electron chi connectivity index (χ1n) is 9.85. The Bertz CT molecular complexity index is 768. The van der Waals surface area contributed by atoms with E-state index in [1.165, 1.54) is 0 Å². The molecule has 0 heterocycles. The van der Waals surface area contributed by atoms with Crippen molar-refractivity contribution in [2.75, 3.05) is 6.54 Å². The number of aryl methyl sites for hydroxylation is 1. The Kier molecular flexibility index (Phi) is 7.76. The Hall–Kier alpha value is -2.66. The molecular weight excluding hydrogens is 350 g/mol. The molecule has 0 aliphatic rings. The lowest BCUT2D eigenvalue weighted by atomic mass is 9.94. The van der Waals surface area contributed by atoms with Crippen LogP contribution in [0, 0.1) is 6.92 Å². The van der Waals surface area contributed by atoms with E-state index < -0.39 is 11.6 Å². The third-order valence-corrected chi connectivity index (χ3v) is 5.26. The summed E-state index contributed by atoms with van der Waals surface area (Å²) in [5.74, 6) is -0.327. The number of amides is 2. The van der Waals surface area contributed by atoms with Crippen molar-refractivity contribution in [1.29, 1.82) is 0 Å². The average molecular weight is 382 g/mol. The van der Waals surface area contributed by atoms with Crippen molar-refractivity contribution in [2.45, 2.75) is 51.6 Å². The number of hydrogen-bond acceptors (Lipinski definition) is 3. The van der Waals surface area contributed by atoms with Crippen LogP contribution in [-0.4, -0.2) is 23.9 Å². The van der Waals surface area contributed by atoms with Gasteiger partial charge in [-0.3, -0.25) is 9.59 Å². The highest BCUT2D eigenvalue weighted by atomic mass is 16.2. The summed E-state index contributed by atoms with van der Waals surface area (Å²) in [6.45, 7) is 6.43. The van der Waals surface area contributed by atoms with E-state index in [4.69, 9.17) is 5.73 Å². The molecular formula is C23H31N3O2. The van der Waals surface area contributed by atoms with Gasteiger partial charge in [0.2, 0.25) is 5.91 Å². The van der Waals surface area contributed by atoms with Crippen LogP contribution >= 0.6 is 0 Å². The van der Waals surface area contributed by atoms with E-state index in [9.17, 15) is 9.59 Å². The lowest BCUT2D eigenvalue weighted by Gasteiger charge is -2.27. The molecule has 2 aromatic carbocycles. The minimum atomic E-state index is -0.412.